The number of piperidine rings is 2. The third-order valence-electron chi connectivity index (χ3n) is 6.17. The molecule has 1 N–H and O–H groups in total. The van der Waals surface area contributed by atoms with Crippen LogP contribution in [-0.2, 0) is 14.8 Å². The smallest absolute Gasteiger partial charge is 0.243 e. The Kier molecular flexibility index (Phi) is 8.09. The van der Waals surface area contributed by atoms with Crippen molar-refractivity contribution in [3.8, 4) is 0 Å². The van der Waals surface area contributed by atoms with Gasteiger partial charge in [0.05, 0.1) is 4.90 Å². The normalized spacial score (nSPS) is 21.8. The second-order valence-electron chi connectivity index (χ2n) is 8.43. The van der Waals surface area contributed by atoms with Crippen LogP contribution in [0.25, 0.3) is 0 Å². The Balaban J connectivity index is 1.43. The van der Waals surface area contributed by atoms with Gasteiger partial charge < -0.3 is 10.2 Å². The minimum atomic E-state index is -3.46. The molecule has 0 aromatic heterocycles. The summed E-state index contributed by atoms with van der Waals surface area (Å²) >= 11 is 0. The van der Waals surface area contributed by atoms with E-state index in [1.54, 1.807) is 16.4 Å². The zero-order valence-corrected chi connectivity index (χ0v) is 18.4. The fourth-order valence-corrected chi connectivity index (χ4v) is 6.21. The molecule has 2 aliphatic rings. The first-order valence-corrected chi connectivity index (χ1v) is 12.5. The number of aryl methyl sites for hydroxylation is 1. The van der Waals surface area contributed by atoms with Crippen molar-refractivity contribution in [3.63, 3.8) is 0 Å². The van der Waals surface area contributed by atoms with Gasteiger partial charge in [-0.15, -0.1) is 0 Å². The first-order valence-electron chi connectivity index (χ1n) is 11.0. The highest BCUT2D eigenvalue weighted by Crippen LogP contribution is 2.27. The summed E-state index contributed by atoms with van der Waals surface area (Å²) in [6, 6.07) is 7.15. The van der Waals surface area contributed by atoms with E-state index in [0.717, 1.165) is 44.5 Å². The molecule has 0 radical (unpaired) electrons. The molecule has 7 heteroatoms. The predicted molar refractivity (Wildman–Crippen MR) is 115 cm³/mol. The van der Waals surface area contributed by atoms with Crippen LogP contribution in [0.15, 0.2) is 29.2 Å². The summed E-state index contributed by atoms with van der Waals surface area (Å²) in [6.45, 7) is 6.83. The van der Waals surface area contributed by atoms with Crippen molar-refractivity contribution in [3.05, 3.63) is 29.8 Å². The Labute approximate surface area is 175 Å². The molecular formula is C22H35N3O3S. The second-order valence-corrected chi connectivity index (χ2v) is 10.3. The molecular weight excluding hydrogens is 386 g/mol. The van der Waals surface area contributed by atoms with E-state index in [9.17, 15) is 13.2 Å². The number of hydrogen-bond acceptors (Lipinski definition) is 4. The number of amides is 1. The van der Waals surface area contributed by atoms with Crippen molar-refractivity contribution < 1.29 is 13.2 Å². The molecule has 0 spiro atoms. The molecule has 2 aliphatic heterocycles. The number of sulfonamides is 1. The van der Waals surface area contributed by atoms with Crippen LogP contribution >= 0.6 is 0 Å². The van der Waals surface area contributed by atoms with Crippen LogP contribution < -0.4 is 5.32 Å². The first-order chi connectivity index (χ1) is 14.0. The molecule has 2 fully saturated rings. The number of nitrogens with zero attached hydrogens (tertiary/aromatic N) is 2. The number of benzene rings is 1. The standard InChI is InChI=1S/C22H35N3O3S/c1-19-8-3-4-10-21(19)29(27,28)25-16-7-9-20(18-25)11-12-22(26)23-13-17-24-14-5-2-6-15-24/h3-4,8,10,20H,2,5-7,9,11-18H2,1H3,(H,23,26). The van der Waals surface area contributed by atoms with Gasteiger partial charge in [-0.05, 0) is 69.7 Å². The summed E-state index contributed by atoms with van der Waals surface area (Å²) < 4.78 is 27.7. The second kappa shape index (κ2) is 10.5. The van der Waals surface area contributed by atoms with Gasteiger partial charge in [0.25, 0.3) is 0 Å². The maximum atomic E-state index is 13.0. The molecule has 3 rings (SSSR count). The van der Waals surface area contributed by atoms with Crippen LogP contribution in [0, 0.1) is 12.8 Å². The third-order valence-corrected chi connectivity index (χ3v) is 8.20. The van der Waals surface area contributed by atoms with Crippen molar-refractivity contribution in [2.24, 2.45) is 5.92 Å². The molecule has 1 unspecified atom stereocenters. The van der Waals surface area contributed by atoms with Gasteiger partial charge in [0.1, 0.15) is 0 Å². The zero-order valence-electron chi connectivity index (χ0n) is 17.6. The van der Waals surface area contributed by atoms with Crippen LogP contribution in [0.1, 0.15) is 50.5 Å². The molecule has 2 saturated heterocycles. The molecule has 29 heavy (non-hydrogen) atoms. The van der Waals surface area contributed by atoms with Crippen molar-refractivity contribution in [2.75, 3.05) is 39.3 Å². The van der Waals surface area contributed by atoms with E-state index >= 15 is 0 Å². The fourth-order valence-electron chi connectivity index (χ4n) is 4.43. The average Bonchev–Trinajstić information content (AvgIpc) is 2.73. The van der Waals surface area contributed by atoms with Gasteiger partial charge in [-0.25, -0.2) is 8.42 Å². The molecule has 6 nitrogen and oxygen atoms in total. The number of nitrogens with one attached hydrogen (secondary N) is 1. The third kappa shape index (κ3) is 6.27. The summed E-state index contributed by atoms with van der Waals surface area (Å²) in [5, 5.41) is 3.03. The molecule has 1 aromatic rings. The van der Waals surface area contributed by atoms with E-state index < -0.39 is 10.0 Å². The summed E-state index contributed by atoms with van der Waals surface area (Å²) in [5.41, 5.74) is 0.780. The quantitative estimate of drug-likeness (QED) is 0.701. The molecule has 2 heterocycles. The molecule has 1 atom stereocenters. The highest BCUT2D eigenvalue weighted by molar-refractivity contribution is 7.89. The van der Waals surface area contributed by atoms with Crippen LogP contribution in [0.4, 0.5) is 0 Å². The highest BCUT2D eigenvalue weighted by atomic mass is 32.2. The lowest BCUT2D eigenvalue weighted by Crippen LogP contribution is -2.40. The zero-order chi connectivity index (χ0) is 20.7. The topological polar surface area (TPSA) is 69.7 Å². The lowest BCUT2D eigenvalue weighted by Gasteiger charge is -2.32. The molecule has 0 bridgehead atoms. The Morgan fingerprint density at radius 1 is 1.10 bits per heavy atom. The van der Waals surface area contributed by atoms with Crippen LogP contribution in [0.5, 0.6) is 0 Å². The summed E-state index contributed by atoms with van der Waals surface area (Å²) in [4.78, 5) is 15.0. The van der Waals surface area contributed by atoms with Gasteiger partial charge in [-0.1, -0.05) is 24.6 Å². The Hall–Kier alpha value is -1.44. The lowest BCUT2D eigenvalue weighted by molar-refractivity contribution is -0.121. The SMILES string of the molecule is Cc1ccccc1S(=O)(=O)N1CCCC(CCC(=O)NCCN2CCCCC2)C1. The minimum Gasteiger partial charge on any atom is -0.355 e. The number of carbonyl (C=O) groups is 1. The van der Waals surface area contributed by atoms with Gasteiger partial charge >= 0.3 is 0 Å². The van der Waals surface area contributed by atoms with Crippen LogP contribution in [0.2, 0.25) is 0 Å². The van der Waals surface area contributed by atoms with E-state index in [1.165, 1.54) is 19.3 Å². The number of rotatable bonds is 8. The van der Waals surface area contributed by atoms with Gasteiger partial charge in [-0.2, -0.15) is 4.31 Å². The van der Waals surface area contributed by atoms with Crippen molar-refractivity contribution in [2.45, 2.75) is 56.8 Å². The van der Waals surface area contributed by atoms with E-state index in [4.69, 9.17) is 0 Å². The average molecular weight is 422 g/mol. The van der Waals surface area contributed by atoms with Crippen molar-refractivity contribution >= 4 is 15.9 Å². The number of hydrogen-bond donors (Lipinski definition) is 1. The van der Waals surface area contributed by atoms with E-state index in [-0.39, 0.29) is 11.8 Å². The minimum absolute atomic E-state index is 0.0842. The van der Waals surface area contributed by atoms with Crippen LogP contribution in [-0.4, -0.2) is 62.8 Å². The predicted octanol–water partition coefficient (Wildman–Crippen LogP) is 2.78. The largest absolute Gasteiger partial charge is 0.355 e. The first kappa shape index (κ1) is 22.2. The Morgan fingerprint density at radius 3 is 2.62 bits per heavy atom. The Bertz CT molecular complexity index is 775. The van der Waals surface area contributed by atoms with Crippen molar-refractivity contribution in [1.29, 1.82) is 0 Å². The van der Waals surface area contributed by atoms with Gasteiger partial charge in [0.2, 0.25) is 15.9 Å². The molecule has 0 aliphatic carbocycles. The molecule has 1 amide bonds. The van der Waals surface area contributed by atoms with E-state index in [1.807, 2.05) is 19.1 Å². The Morgan fingerprint density at radius 2 is 1.86 bits per heavy atom. The highest BCUT2D eigenvalue weighted by Gasteiger charge is 2.31. The summed E-state index contributed by atoms with van der Waals surface area (Å²) in [5.74, 6) is 0.330. The van der Waals surface area contributed by atoms with Gasteiger partial charge in [0, 0.05) is 32.6 Å². The summed E-state index contributed by atoms with van der Waals surface area (Å²) in [7, 11) is -3.46. The van der Waals surface area contributed by atoms with Gasteiger partial charge in [-0.3, -0.25) is 4.79 Å². The van der Waals surface area contributed by atoms with E-state index in [0.29, 0.717) is 31.0 Å². The fraction of sp³-hybridized carbons (Fsp3) is 0.682. The lowest BCUT2D eigenvalue weighted by atomic mass is 9.94. The number of likely N-dealkylation sites (tertiary alicyclic amines) is 1. The summed E-state index contributed by atoms with van der Waals surface area (Å²) in [6.07, 6.45) is 6.90. The maximum Gasteiger partial charge on any atom is 0.243 e. The monoisotopic (exact) mass is 421 g/mol. The maximum absolute atomic E-state index is 13.0. The molecule has 162 valence electrons. The van der Waals surface area contributed by atoms with E-state index in [2.05, 4.69) is 10.2 Å². The molecule has 1 aromatic carbocycles. The van der Waals surface area contributed by atoms with Crippen LogP contribution in [0.3, 0.4) is 0 Å². The number of carbonyl (C=O) groups excluding carboxylic acids is 1. The molecule has 0 saturated carbocycles. The van der Waals surface area contributed by atoms with Crippen molar-refractivity contribution in [1.82, 2.24) is 14.5 Å². The van der Waals surface area contributed by atoms with Gasteiger partial charge in [0.15, 0.2) is 0 Å².